The maximum atomic E-state index is 12.6. The van der Waals surface area contributed by atoms with Gasteiger partial charge in [0.25, 0.3) is 0 Å². The highest BCUT2D eigenvalue weighted by Crippen LogP contribution is 2.31. The molecule has 0 aliphatic carbocycles. The number of ketones is 1. The number of hydrogen-bond donors (Lipinski definition) is 0. The van der Waals surface area contributed by atoms with Gasteiger partial charge in [0.2, 0.25) is 0 Å². The van der Waals surface area contributed by atoms with Crippen LogP contribution < -0.4 is 14.2 Å². The number of ether oxygens (including phenoxy) is 4. The van der Waals surface area contributed by atoms with E-state index >= 15 is 0 Å². The van der Waals surface area contributed by atoms with Crippen LogP contribution in [-0.2, 0) is 11.3 Å². The van der Waals surface area contributed by atoms with E-state index < -0.39 is 0 Å². The third-order valence-corrected chi connectivity index (χ3v) is 5.06. The van der Waals surface area contributed by atoms with Crippen LogP contribution in [0.3, 0.4) is 0 Å². The number of rotatable bonds is 6. The van der Waals surface area contributed by atoms with Crippen molar-refractivity contribution >= 4 is 11.9 Å². The molecule has 6 heteroatoms. The third-order valence-electron chi connectivity index (χ3n) is 5.06. The molecule has 0 atom stereocenters. The van der Waals surface area contributed by atoms with Gasteiger partial charge < -0.3 is 18.9 Å². The van der Waals surface area contributed by atoms with E-state index in [0.29, 0.717) is 30.3 Å². The Labute approximate surface area is 170 Å². The van der Waals surface area contributed by atoms with Crippen molar-refractivity contribution in [2.75, 3.05) is 46.6 Å². The molecule has 0 bridgehead atoms. The molecule has 1 saturated heterocycles. The SMILES string of the molecule is COc1ccc(/C=C/C(=O)c2ccc3c(c2)OCCO3)cc1CN1CCOCC1. The van der Waals surface area contributed by atoms with Gasteiger partial charge in [-0.3, -0.25) is 9.69 Å². The Morgan fingerprint density at radius 2 is 1.83 bits per heavy atom. The zero-order chi connectivity index (χ0) is 20.1. The molecule has 2 aromatic carbocycles. The van der Waals surface area contributed by atoms with Gasteiger partial charge in [-0.1, -0.05) is 12.1 Å². The zero-order valence-electron chi connectivity index (χ0n) is 16.6. The molecule has 0 N–H and O–H groups in total. The predicted octanol–water partition coefficient (Wildman–Crippen LogP) is 3.19. The highest BCUT2D eigenvalue weighted by molar-refractivity contribution is 6.07. The molecule has 0 amide bonds. The van der Waals surface area contributed by atoms with Crippen molar-refractivity contribution in [3.05, 3.63) is 59.2 Å². The lowest BCUT2D eigenvalue weighted by molar-refractivity contribution is 0.0339. The van der Waals surface area contributed by atoms with Gasteiger partial charge in [0.1, 0.15) is 19.0 Å². The van der Waals surface area contributed by atoms with Gasteiger partial charge in [-0.2, -0.15) is 0 Å². The molecule has 2 aliphatic heterocycles. The summed E-state index contributed by atoms with van der Waals surface area (Å²) >= 11 is 0. The molecule has 2 heterocycles. The van der Waals surface area contributed by atoms with Crippen LogP contribution >= 0.6 is 0 Å². The normalized spacial score (nSPS) is 16.7. The van der Waals surface area contributed by atoms with Gasteiger partial charge in [0.15, 0.2) is 17.3 Å². The fourth-order valence-electron chi connectivity index (χ4n) is 3.49. The zero-order valence-corrected chi connectivity index (χ0v) is 16.6. The van der Waals surface area contributed by atoms with Gasteiger partial charge in [0.05, 0.1) is 20.3 Å². The Balaban J connectivity index is 1.48. The molecular weight excluding hydrogens is 370 g/mol. The lowest BCUT2D eigenvalue weighted by Gasteiger charge is -2.27. The van der Waals surface area contributed by atoms with Crippen LogP contribution in [0.25, 0.3) is 6.08 Å². The molecular formula is C23H25NO5. The lowest BCUT2D eigenvalue weighted by Crippen LogP contribution is -2.35. The molecule has 0 radical (unpaired) electrons. The molecule has 29 heavy (non-hydrogen) atoms. The van der Waals surface area contributed by atoms with E-state index in [-0.39, 0.29) is 5.78 Å². The summed E-state index contributed by atoms with van der Waals surface area (Å²) in [6, 6.07) is 11.3. The molecule has 0 unspecified atom stereocenters. The van der Waals surface area contributed by atoms with Crippen molar-refractivity contribution in [1.82, 2.24) is 4.90 Å². The third kappa shape index (κ3) is 4.78. The first kappa shape index (κ1) is 19.5. The summed E-state index contributed by atoms with van der Waals surface area (Å²) in [6.07, 6.45) is 3.42. The molecule has 6 nitrogen and oxygen atoms in total. The summed E-state index contributed by atoms with van der Waals surface area (Å²) in [7, 11) is 1.68. The second-order valence-corrected chi connectivity index (χ2v) is 7.02. The highest BCUT2D eigenvalue weighted by Gasteiger charge is 2.15. The minimum Gasteiger partial charge on any atom is -0.496 e. The average Bonchev–Trinajstić information content (AvgIpc) is 2.78. The van der Waals surface area contributed by atoms with Crippen LogP contribution in [0, 0.1) is 0 Å². The number of methoxy groups -OCH3 is 1. The van der Waals surface area contributed by atoms with Crippen LogP contribution in [0.4, 0.5) is 0 Å². The second kappa shape index (κ2) is 9.11. The smallest absolute Gasteiger partial charge is 0.185 e. The van der Waals surface area contributed by atoms with Crippen LogP contribution in [0.15, 0.2) is 42.5 Å². The fourth-order valence-corrected chi connectivity index (χ4v) is 3.49. The molecule has 1 fully saturated rings. The van der Waals surface area contributed by atoms with Gasteiger partial charge in [-0.25, -0.2) is 0 Å². The number of fused-ring (bicyclic) bond motifs is 1. The summed E-state index contributed by atoms with van der Waals surface area (Å²) in [5.41, 5.74) is 2.64. The quantitative estimate of drug-likeness (QED) is 0.553. The van der Waals surface area contributed by atoms with E-state index in [4.69, 9.17) is 18.9 Å². The van der Waals surface area contributed by atoms with Crippen molar-refractivity contribution in [3.63, 3.8) is 0 Å². The average molecular weight is 395 g/mol. The van der Waals surface area contributed by atoms with Crippen LogP contribution in [0.1, 0.15) is 21.5 Å². The van der Waals surface area contributed by atoms with Gasteiger partial charge in [0, 0.05) is 30.8 Å². The maximum Gasteiger partial charge on any atom is 0.185 e. The summed E-state index contributed by atoms with van der Waals surface area (Å²) in [4.78, 5) is 14.9. The Hall–Kier alpha value is -2.83. The monoisotopic (exact) mass is 395 g/mol. The number of benzene rings is 2. The number of morpholine rings is 1. The molecule has 0 spiro atoms. The highest BCUT2D eigenvalue weighted by atomic mass is 16.6. The van der Waals surface area contributed by atoms with E-state index in [1.165, 1.54) is 0 Å². The molecule has 152 valence electrons. The molecule has 0 aromatic heterocycles. The summed E-state index contributed by atoms with van der Waals surface area (Å²) < 4.78 is 22.0. The Kier molecular flexibility index (Phi) is 6.12. The minimum absolute atomic E-state index is 0.0764. The number of carbonyl (C=O) groups excluding carboxylic acids is 1. The van der Waals surface area contributed by atoms with Crippen molar-refractivity contribution in [2.45, 2.75) is 6.54 Å². The first-order valence-corrected chi connectivity index (χ1v) is 9.82. The summed E-state index contributed by atoms with van der Waals surface area (Å²) in [5, 5.41) is 0. The van der Waals surface area contributed by atoms with Crippen LogP contribution in [0.2, 0.25) is 0 Å². The number of allylic oxidation sites excluding steroid dienone is 1. The maximum absolute atomic E-state index is 12.6. The van der Waals surface area contributed by atoms with Gasteiger partial charge >= 0.3 is 0 Å². The van der Waals surface area contributed by atoms with E-state index in [1.54, 1.807) is 31.4 Å². The van der Waals surface area contributed by atoms with Gasteiger partial charge in [-0.05, 0) is 42.0 Å². The van der Waals surface area contributed by atoms with Crippen LogP contribution in [-0.4, -0.2) is 57.3 Å². The van der Waals surface area contributed by atoms with Crippen molar-refractivity contribution in [2.24, 2.45) is 0 Å². The number of nitrogens with zero attached hydrogens (tertiary/aromatic N) is 1. The molecule has 2 aliphatic rings. The van der Waals surface area contributed by atoms with E-state index in [2.05, 4.69) is 11.0 Å². The summed E-state index contributed by atoms with van der Waals surface area (Å²) in [5.74, 6) is 2.08. The van der Waals surface area contributed by atoms with E-state index in [9.17, 15) is 4.79 Å². The Bertz CT molecular complexity index is 902. The molecule has 4 rings (SSSR count). The molecule has 0 saturated carbocycles. The summed E-state index contributed by atoms with van der Waals surface area (Å²) in [6.45, 7) is 5.16. The Morgan fingerprint density at radius 3 is 2.62 bits per heavy atom. The Morgan fingerprint density at radius 1 is 1.03 bits per heavy atom. The number of hydrogen-bond acceptors (Lipinski definition) is 6. The van der Waals surface area contributed by atoms with Crippen molar-refractivity contribution < 1.29 is 23.7 Å². The number of carbonyl (C=O) groups is 1. The first-order valence-electron chi connectivity index (χ1n) is 9.82. The van der Waals surface area contributed by atoms with Gasteiger partial charge in [-0.15, -0.1) is 0 Å². The molecule has 2 aromatic rings. The van der Waals surface area contributed by atoms with Crippen molar-refractivity contribution in [3.8, 4) is 17.2 Å². The largest absolute Gasteiger partial charge is 0.496 e. The fraction of sp³-hybridized carbons (Fsp3) is 0.348. The van der Waals surface area contributed by atoms with E-state index in [0.717, 1.165) is 49.7 Å². The predicted molar refractivity (Wildman–Crippen MR) is 110 cm³/mol. The second-order valence-electron chi connectivity index (χ2n) is 7.02. The van der Waals surface area contributed by atoms with E-state index in [1.807, 2.05) is 18.2 Å². The van der Waals surface area contributed by atoms with Crippen molar-refractivity contribution in [1.29, 1.82) is 0 Å². The minimum atomic E-state index is -0.0764. The van der Waals surface area contributed by atoms with Crippen LogP contribution in [0.5, 0.6) is 17.2 Å². The standard InChI is InChI=1S/C23H25NO5/c1-26-21-6-3-17(14-19(21)16-24-8-10-27-11-9-24)2-5-20(25)18-4-7-22-23(15-18)29-13-12-28-22/h2-7,14-15H,8-13,16H2,1H3/b5-2+. The topological polar surface area (TPSA) is 57.2 Å². The lowest BCUT2D eigenvalue weighted by atomic mass is 10.1. The first-order chi connectivity index (χ1) is 14.2.